The summed E-state index contributed by atoms with van der Waals surface area (Å²) in [5.74, 6) is -1.55. The summed E-state index contributed by atoms with van der Waals surface area (Å²) in [4.78, 5) is 26.9. The number of fused-ring (bicyclic) bond motifs is 3. The lowest BCUT2D eigenvalue weighted by molar-refractivity contribution is -0.228. The number of alkyl halides is 4. The van der Waals surface area contributed by atoms with Crippen molar-refractivity contribution in [1.82, 2.24) is 4.90 Å². The molecule has 5 rings (SSSR count). The summed E-state index contributed by atoms with van der Waals surface area (Å²) in [6.45, 7) is 1.05. The van der Waals surface area contributed by atoms with Gasteiger partial charge in [0.2, 0.25) is 11.6 Å². The zero-order chi connectivity index (χ0) is 27.5. The number of halogens is 5. The average molecular weight is 552 g/mol. The third-order valence-corrected chi connectivity index (χ3v) is 9.34. The van der Waals surface area contributed by atoms with Gasteiger partial charge in [0, 0.05) is 28.9 Å². The van der Waals surface area contributed by atoms with Gasteiger partial charge >= 0.3 is 12.1 Å². The summed E-state index contributed by atoms with van der Waals surface area (Å²) in [6.07, 6.45) is -1.57. The molecular formula is C29H30ClF4NO3. The first-order valence-corrected chi connectivity index (χ1v) is 13.4. The van der Waals surface area contributed by atoms with Gasteiger partial charge in [-0.05, 0) is 86.3 Å². The van der Waals surface area contributed by atoms with Crippen LogP contribution in [-0.4, -0.2) is 40.6 Å². The quantitative estimate of drug-likeness (QED) is 0.425. The van der Waals surface area contributed by atoms with E-state index in [2.05, 4.69) is 0 Å². The first-order chi connectivity index (χ1) is 17.8. The second-order valence-electron chi connectivity index (χ2n) is 11.2. The normalized spacial score (nSPS) is 28.5. The standard InChI is InChI=1S/C29H30ClF4NO3/c1-27(31,29(32,33)34)21-8-11-23-20(14-21)15-24-28(23,16-17-2-9-22(30)10-3-17)12-13-35(24)25(36)18-4-6-19(7-5-18)26(37)38/h2-3,8-11,14,18-19,24H,4-7,12-13,15-16H2,1H3,(H,37,38)/t18-,19-,24?,27?,28?. The lowest BCUT2D eigenvalue weighted by atomic mass is 9.73. The Kier molecular flexibility index (Phi) is 6.77. The Balaban J connectivity index is 1.48. The molecule has 1 saturated carbocycles. The number of likely N-dealkylation sites (tertiary alicyclic amines) is 1. The van der Waals surface area contributed by atoms with Crippen LogP contribution in [0.3, 0.4) is 0 Å². The molecule has 2 aromatic rings. The number of amides is 1. The summed E-state index contributed by atoms with van der Waals surface area (Å²) in [7, 11) is 0. The smallest absolute Gasteiger partial charge is 0.426 e. The van der Waals surface area contributed by atoms with Crippen LogP contribution >= 0.6 is 11.6 Å². The third kappa shape index (κ3) is 4.48. The fraction of sp³-hybridized carbons (Fsp3) is 0.517. The van der Waals surface area contributed by atoms with Gasteiger partial charge in [0.05, 0.1) is 5.92 Å². The summed E-state index contributed by atoms with van der Waals surface area (Å²) in [5, 5.41) is 9.91. The largest absolute Gasteiger partial charge is 0.481 e. The molecule has 0 radical (unpaired) electrons. The SMILES string of the molecule is CC(F)(c1ccc2c(c1)CC1N(C(=O)[C@H]3CC[C@H](C(=O)O)CC3)CCC21Cc1ccc(Cl)cc1)C(F)(F)F. The number of carbonyl (C=O) groups is 2. The van der Waals surface area contributed by atoms with Crippen LogP contribution in [0.25, 0.3) is 0 Å². The highest BCUT2D eigenvalue weighted by molar-refractivity contribution is 6.30. The van der Waals surface area contributed by atoms with Gasteiger partial charge in [0.25, 0.3) is 0 Å². The Morgan fingerprint density at radius 3 is 2.26 bits per heavy atom. The van der Waals surface area contributed by atoms with Crippen molar-refractivity contribution in [3.63, 3.8) is 0 Å². The fourth-order valence-electron chi connectivity index (χ4n) is 6.83. The van der Waals surface area contributed by atoms with E-state index in [1.165, 1.54) is 12.1 Å². The molecule has 1 N–H and O–H groups in total. The maximum Gasteiger partial charge on any atom is 0.426 e. The van der Waals surface area contributed by atoms with Gasteiger partial charge in [-0.15, -0.1) is 0 Å². The van der Waals surface area contributed by atoms with Crippen molar-refractivity contribution in [3.05, 3.63) is 69.7 Å². The summed E-state index contributed by atoms with van der Waals surface area (Å²) < 4.78 is 55.3. The van der Waals surface area contributed by atoms with Crippen LogP contribution in [0.15, 0.2) is 42.5 Å². The molecule has 1 amide bonds. The van der Waals surface area contributed by atoms with E-state index < -0.39 is 34.7 Å². The predicted octanol–water partition coefficient (Wildman–Crippen LogP) is 6.62. The molecule has 9 heteroatoms. The van der Waals surface area contributed by atoms with E-state index in [1.807, 2.05) is 17.0 Å². The number of carboxylic acid groups (broad SMARTS) is 1. The average Bonchev–Trinajstić information content (AvgIpc) is 3.37. The van der Waals surface area contributed by atoms with E-state index in [-0.39, 0.29) is 17.9 Å². The zero-order valence-electron chi connectivity index (χ0n) is 21.0. The number of rotatable bonds is 5. The molecule has 3 atom stereocenters. The van der Waals surface area contributed by atoms with Gasteiger partial charge in [-0.3, -0.25) is 9.59 Å². The van der Waals surface area contributed by atoms with Gasteiger partial charge < -0.3 is 10.0 Å². The minimum absolute atomic E-state index is 0.0181. The molecule has 38 heavy (non-hydrogen) atoms. The fourth-order valence-corrected chi connectivity index (χ4v) is 6.95. The molecule has 1 heterocycles. The first kappa shape index (κ1) is 27.0. The lowest BCUT2D eigenvalue weighted by Crippen LogP contribution is -2.46. The summed E-state index contributed by atoms with van der Waals surface area (Å²) in [5.41, 5.74) is -1.93. The Morgan fingerprint density at radius 2 is 1.66 bits per heavy atom. The molecular weight excluding hydrogens is 522 g/mol. The van der Waals surface area contributed by atoms with E-state index in [0.29, 0.717) is 69.0 Å². The molecule has 2 aromatic carbocycles. The van der Waals surface area contributed by atoms with E-state index in [1.54, 1.807) is 18.2 Å². The number of carboxylic acids is 1. The molecule has 2 fully saturated rings. The van der Waals surface area contributed by atoms with Crippen molar-refractivity contribution in [2.75, 3.05) is 6.54 Å². The maximum atomic E-state index is 14.9. The Labute approximate surface area is 224 Å². The minimum atomic E-state index is -5.05. The first-order valence-electron chi connectivity index (χ1n) is 13.0. The van der Waals surface area contributed by atoms with Gasteiger partial charge in [0.1, 0.15) is 0 Å². The van der Waals surface area contributed by atoms with Crippen molar-refractivity contribution in [2.24, 2.45) is 11.8 Å². The predicted molar refractivity (Wildman–Crippen MR) is 135 cm³/mol. The molecule has 1 aliphatic heterocycles. The van der Waals surface area contributed by atoms with Gasteiger partial charge in [0.15, 0.2) is 0 Å². The van der Waals surface area contributed by atoms with Gasteiger partial charge in [-0.1, -0.05) is 41.9 Å². The number of nitrogens with zero attached hydrogens (tertiary/aromatic N) is 1. The topological polar surface area (TPSA) is 57.6 Å². The van der Waals surface area contributed by atoms with Crippen LogP contribution in [0.1, 0.15) is 61.3 Å². The summed E-state index contributed by atoms with van der Waals surface area (Å²) >= 11 is 6.08. The van der Waals surface area contributed by atoms with Crippen molar-refractivity contribution in [2.45, 2.75) is 75.2 Å². The molecule has 2 aliphatic carbocycles. The van der Waals surface area contributed by atoms with Crippen molar-refractivity contribution in [3.8, 4) is 0 Å². The molecule has 1 saturated heterocycles. The maximum absolute atomic E-state index is 14.9. The highest BCUT2D eigenvalue weighted by Crippen LogP contribution is 2.53. The Bertz CT molecular complexity index is 1240. The van der Waals surface area contributed by atoms with Gasteiger partial charge in [-0.25, -0.2) is 4.39 Å². The number of hydrogen-bond donors (Lipinski definition) is 1. The Hall–Kier alpha value is -2.61. The molecule has 204 valence electrons. The van der Waals surface area contributed by atoms with Crippen LogP contribution < -0.4 is 0 Å². The van der Waals surface area contributed by atoms with Crippen molar-refractivity contribution < 1.29 is 32.3 Å². The monoisotopic (exact) mass is 551 g/mol. The molecule has 3 unspecified atom stereocenters. The molecule has 0 bridgehead atoms. The van der Waals surface area contributed by atoms with Crippen LogP contribution in [0.5, 0.6) is 0 Å². The molecule has 0 spiro atoms. The minimum Gasteiger partial charge on any atom is -0.481 e. The van der Waals surface area contributed by atoms with E-state index >= 15 is 0 Å². The lowest BCUT2D eigenvalue weighted by Gasteiger charge is -2.36. The van der Waals surface area contributed by atoms with Crippen molar-refractivity contribution in [1.29, 1.82) is 0 Å². The second-order valence-corrected chi connectivity index (χ2v) is 11.7. The number of hydrogen-bond acceptors (Lipinski definition) is 2. The molecule has 0 aromatic heterocycles. The number of aliphatic carboxylic acids is 1. The van der Waals surface area contributed by atoms with Crippen molar-refractivity contribution >= 4 is 23.5 Å². The highest BCUT2D eigenvalue weighted by atomic mass is 35.5. The number of carbonyl (C=O) groups excluding carboxylic acids is 1. The zero-order valence-corrected chi connectivity index (χ0v) is 21.8. The second kappa shape index (κ2) is 9.54. The van der Waals surface area contributed by atoms with E-state index in [0.717, 1.165) is 11.1 Å². The van der Waals surface area contributed by atoms with Gasteiger partial charge in [-0.2, -0.15) is 13.2 Å². The Morgan fingerprint density at radius 1 is 1.03 bits per heavy atom. The summed E-state index contributed by atoms with van der Waals surface area (Å²) in [6, 6.07) is 11.3. The van der Waals surface area contributed by atoms with Crippen LogP contribution in [-0.2, 0) is 33.5 Å². The number of benzene rings is 2. The van der Waals surface area contributed by atoms with Crippen LogP contribution in [0, 0.1) is 11.8 Å². The third-order valence-electron chi connectivity index (χ3n) is 9.08. The molecule has 4 nitrogen and oxygen atoms in total. The van der Waals surface area contributed by atoms with Crippen LogP contribution in [0.4, 0.5) is 17.6 Å². The molecule has 3 aliphatic rings. The van der Waals surface area contributed by atoms with E-state index in [4.69, 9.17) is 11.6 Å². The van der Waals surface area contributed by atoms with E-state index in [9.17, 15) is 32.3 Å². The highest BCUT2D eigenvalue weighted by Gasteiger charge is 2.57. The van der Waals surface area contributed by atoms with Crippen LogP contribution in [0.2, 0.25) is 5.02 Å².